The van der Waals surface area contributed by atoms with Crippen LogP contribution in [0.5, 0.6) is 0 Å². The Hall–Kier alpha value is -2.99. The standard InChI is InChI=1S/C26H32N4O2/c1-17-9-10-22(19(3)15-17)20(4)27-26(31)21-11-13-30(14-12-21)16-24-28-25(29-32-24)23-8-6-5-7-18(23)2/h5-10,15,20-21H,11-14,16H2,1-4H3,(H,27,31). The van der Waals surface area contributed by atoms with Gasteiger partial charge in [-0.15, -0.1) is 0 Å². The zero-order valence-corrected chi connectivity index (χ0v) is 19.4. The molecule has 6 nitrogen and oxygen atoms in total. The first-order valence-electron chi connectivity index (χ1n) is 11.4. The Morgan fingerprint density at radius 1 is 1.12 bits per heavy atom. The number of benzene rings is 2. The number of piperidine rings is 1. The van der Waals surface area contributed by atoms with Crippen LogP contribution in [0, 0.1) is 26.7 Å². The predicted molar refractivity (Wildman–Crippen MR) is 125 cm³/mol. The summed E-state index contributed by atoms with van der Waals surface area (Å²) in [6, 6.07) is 14.4. The molecule has 1 amide bonds. The van der Waals surface area contributed by atoms with Crippen molar-refractivity contribution in [2.45, 2.75) is 53.1 Å². The maximum Gasteiger partial charge on any atom is 0.241 e. The monoisotopic (exact) mass is 432 g/mol. The molecule has 1 unspecified atom stereocenters. The molecule has 2 aromatic carbocycles. The third-order valence-corrected chi connectivity index (χ3v) is 6.42. The second-order valence-corrected chi connectivity index (χ2v) is 8.97. The van der Waals surface area contributed by atoms with Crippen LogP contribution >= 0.6 is 0 Å². The van der Waals surface area contributed by atoms with Gasteiger partial charge in [0.2, 0.25) is 17.6 Å². The molecule has 0 bridgehead atoms. The van der Waals surface area contributed by atoms with Crippen LogP contribution in [0.25, 0.3) is 11.4 Å². The molecule has 1 atom stereocenters. The first kappa shape index (κ1) is 22.2. The highest BCUT2D eigenvalue weighted by Crippen LogP contribution is 2.24. The van der Waals surface area contributed by atoms with E-state index in [-0.39, 0.29) is 17.9 Å². The van der Waals surface area contributed by atoms with Crippen LogP contribution < -0.4 is 5.32 Å². The molecule has 6 heteroatoms. The number of nitrogens with one attached hydrogen (secondary N) is 1. The molecule has 1 saturated heterocycles. The second-order valence-electron chi connectivity index (χ2n) is 8.97. The van der Waals surface area contributed by atoms with E-state index in [4.69, 9.17) is 4.52 Å². The van der Waals surface area contributed by atoms with Gasteiger partial charge >= 0.3 is 0 Å². The molecule has 1 aliphatic rings. The minimum absolute atomic E-state index is 0.0133. The fraction of sp³-hybridized carbons (Fsp3) is 0.423. The number of hydrogen-bond donors (Lipinski definition) is 1. The van der Waals surface area contributed by atoms with Crippen molar-refractivity contribution in [3.8, 4) is 11.4 Å². The second kappa shape index (κ2) is 9.65. The van der Waals surface area contributed by atoms with Crippen LogP contribution in [0.1, 0.15) is 54.0 Å². The van der Waals surface area contributed by atoms with Crippen molar-refractivity contribution < 1.29 is 9.32 Å². The van der Waals surface area contributed by atoms with Gasteiger partial charge in [-0.05, 0) is 70.3 Å². The summed E-state index contributed by atoms with van der Waals surface area (Å²) in [7, 11) is 0. The van der Waals surface area contributed by atoms with Crippen LogP contribution in [0.2, 0.25) is 0 Å². The molecule has 1 aromatic heterocycles. The van der Waals surface area contributed by atoms with Crippen molar-refractivity contribution in [2.24, 2.45) is 5.92 Å². The largest absolute Gasteiger partial charge is 0.349 e. The summed E-state index contributed by atoms with van der Waals surface area (Å²) in [4.78, 5) is 19.7. The van der Waals surface area contributed by atoms with E-state index in [0.717, 1.165) is 37.1 Å². The summed E-state index contributed by atoms with van der Waals surface area (Å²) < 4.78 is 5.49. The maximum atomic E-state index is 12.8. The number of carbonyl (C=O) groups is 1. The highest BCUT2D eigenvalue weighted by atomic mass is 16.5. The van der Waals surface area contributed by atoms with Crippen LogP contribution in [-0.4, -0.2) is 34.0 Å². The lowest BCUT2D eigenvalue weighted by molar-refractivity contribution is -0.127. The highest BCUT2D eigenvalue weighted by molar-refractivity contribution is 5.79. The van der Waals surface area contributed by atoms with Crippen LogP contribution in [-0.2, 0) is 11.3 Å². The number of carbonyl (C=O) groups excluding carboxylic acids is 1. The van der Waals surface area contributed by atoms with Crippen molar-refractivity contribution in [1.29, 1.82) is 0 Å². The number of aromatic nitrogens is 2. The molecule has 1 N–H and O–H groups in total. The van der Waals surface area contributed by atoms with Gasteiger partial charge < -0.3 is 9.84 Å². The van der Waals surface area contributed by atoms with Gasteiger partial charge in [0.15, 0.2) is 0 Å². The molecule has 0 spiro atoms. The first-order chi connectivity index (χ1) is 15.4. The van der Waals surface area contributed by atoms with Crippen LogP contribution in [0.15, 0.2) is 47.0 Å². The Morgan fingerprint density at radius 3 is 2.59 bits per heavy atom. The third-order valence-electron chi connectivity index (χ3n) is 6.42. The maximum absolute atomic E-state index is 12.8. The molecule has 32 heavy (non-hydrogen) atoms. The predicted octanol–water partition coefficient (Wildman–Crippen LogP) is 4.75. The summed E-state index contributed by atoms with van der Waals surface area (Å²) in [5.74, 6) is 1.45. The van der Waals surface area contributed by atoms with E-state index in [1.165, 1.54) is 16.7 Å². The molecule has 1 aliphatic heterocycles. The van der Waals surface area contributed by atoms with E-state index in [2.05, 4.69) is 59.3 Å². The molecular formula is C26H32N4O2. The molecule has 2 heterocycles. The lowest BCUT2D eigenvalue weighted by Gasteiger charge is -2.31. The molecule has 0 aliphatic carbocycles. The van der Waals surface area contributed by atoms with E-state index in [9.17, 15) is 4.79 Å². The molecule has 4 rings (SSSR count). The Balaban J connectivity index is 1.29. The minimum atomic E-state index is 0.0133. The summed E-state index contributed by atoms with van der Waals surface area (Å²) in [5.41, 5.74) is 5.77. The van der Waals surface area contributed by atoms with Crippen molar-refractivity contribution in [1.82, 2.24) is 20.4 Å². The first-order valence-corrected chi connectivity index (χ1v) is 11.4. The van der Waals surface area contributed by atoms with Gasteiger partial charge in [0.25, 0.3) is 0 Å². The summed E-state index contributed by atoms with van der Waals surface area (Å²) >= 11 is 0. The van der Waals surface area contributed by atoms with Gasteiger partial charge in [-0.25, -0.2) is 0 Å². The van der Waals surface area contributed by atoms with E-state index >= 15 is 0 Å². The number of aryl methyl sites for hydroxylation is 3. The normalized spacial score (nSPS) is 16.1. The van der Waals surface area contributed by atoms with E-state index < -0.39 is 0 Å². The Bertz CT molecular complexity index is 1080. The van der Waals surface area contributed by atoms with E-state index in [0.29, 0.717) is 18.3 Å². The SMILES string of the molecule is Cc1ccc(C(C)NC(=O)C2CCN(Cc3nc(-c4ccccc4C)no3)CC2)c(C)c1. The molecular weight excluding hydrogens is 400 g/mol. The smallest absolute Gasteiger partial charge is 0.241 e. The van der Waals surface area contributed by atoms with Crippen LogP contribution in [0.3, 0.4) is 0 Å². The number of rotatable bonds is 6. The van der Waals surface area contributed by atoms with Gasteiger partial charge in [-0.2, -0.15) is 4.98 Å². The van der Waals surface area contributed by atoms with Crippen LogP contribution in [0.4, 0.5) is 0 Å². The Morgan fingerprint density at radius 2 is 1.88 bits per heavy atom. The lowest BCUT2D eigenvalue weighted by Crippen LogP contribution is -2.41. The number of likely N-dealkylation sites (tertiary alicyclic amines) is 1. The number of amides is 1. The van der Waals surface area contributed by atoms with Crippen molar-refractivity contribution in [3.05, 3.63) is 70.6 Å². The Labute approximate surface area is 190 Å². The van der Waals surface area contributed by atoms with Crippen molar-refractivity contribution in [3.63, 3.8) is 0 Å². The number of hydrogen-bond acceptors (Lipinski definition) is 5. The van der Waals surface area contributed by atoms with Gasteiger partial charge in [0, 0.05) is 11.5 Å². The topological polar surface area (TPSA) is 71.3 Å². The Kier molecular flexibility index (Phi) is 6.70. The van der Waals surface area contributed by atoms with Gasteiger partial charge in [-0.1, -0.05) is 53.2 Å². The summed E-state index contributed by atoms with van der Waals surface area (Å²) in [6.07, 6.45) is 1.68. The molecule has 0 saturated carbocycles. The highest BCUT2D eigenvalue weighted by Gasteiger charge is 2.27. The minimum Gasteiger partial charge on any atom is -0.349 e. The fourth-order valence-corrected chi connectivity index (χ4v) is 4.52. The summed E-state index contributed by atoms with van der Waals surface area (Å²) in [5, 5.41) is 7.37. The van der Waals surface area contributed by atoms with Gasteiger partial charge in [-0.3, -0.25) is 9.69 Å². The van der Waals surface area contributed by atoms with Crippen molar-refractivity contribution >= 4 is 5.91 Å². The van der Waals surface area contributed by atoms with Gasteiger partial charge in [0.05, 0.1) is 12.6 Å². The quantitative estimate of drug-likeness (QED) is 0.609. The van der Waals surface area contributed by atoms with Gasteiger partial charge in [0.1, 0.15) is 0 Å². The zero-order chi connectivity index (χ0) is 22.7. The fourth-order valence-electron chi connectivity index (χ4n) is 4.52. The van der Waals surface area contributed by atoms with E-state index in [1.807, 2.05) is 31.2 Å². The molecule has 168 valence electrons. The molecule has 0 radical (unpaired) electrons. The third kappa shape index (κ3) is 5.07. The van der Waals surface area contributed by atoms with E-state index in [1.54, 1.807) is 0 Å². The average molecular weight is 433 g/mol. The molecule has 1 fully saturated rings. The zero-order valence-electron chi connectivity index (χ0n) is 19.4. The lowest BCUT2D eigenvalue weighted by atomic mass is 9.94. The summed E-state index contributed by atoms with van der Waals surface area (Å²) in [6.45, 7) is 10.6. The average Bonchev–Trinajstić information content (AvgIpc) is 3.22. The van der Waals surface area contributed by atoms with Crippen molar-refractivity contribution in [2.75, 3.05) is 13.1 Å². The molecule has 3 aromatic rings. The number of nitrogens with zero attached hydrogens (tertiary/aromatic N) is 3.